The van der Waals surface area contributed by atoms with Crippen LogP contribution in [0.1, 0.15) is 28.5 Å². The van der Waals surface area contributed by atoms with Crippen molar-refractivity contribution in [3.05, 3.63) is 102 Å². The molecular formula is C30H30N4O4. The van der Waals surface area contributed by atoms with Crippen molar-refractivity contribution >= 4 is 11.8 Å². The molecule has 1 N–H and O–H groups in total. The van der Waals surface area contributed by atoms with E-state index in [1.807, 2.05) is 78.9 Å². The zero-order valence-electron chi connectivity index (χ0n) is 21.7. The van der Waals surface area contributed by atoms with Gasteiger partial charge in [-0.3, -0.25) is 14.3 Å². The molecule has 1 aromatic heterocycles. The molecule has 0 unspecified atom stereocenters. The van der Waals surface area contributed by atoms with Gasteiger partial charge in [0.05, 0.1) is 33.0 Å². The molecule has 0 spiro atoms. The van der Waals surface area contributed by atoms with Gasteiger partial charge < -0.3 is 19.7 Å². The standard InChI is InChI=1S/C30H30N4O4/c1-30(29(36)31-18-22-13-7-9-15-26(22)37-2)20-34-25(17-24(32-34)21-11-5-4-6-12-21)28(35)33(30)19-23-14-8-10-16-27(23)38-3/h4-17H,18-20H2,1-3H3,(H,31,36)/t30-/m1/s1. The van der Waals surface area contributed by atoms with Gasteiger partial charge in [0.25, 0.3) is 5.91 Å². The van der Waals surface area contributed by atoms with Gasteiger partial charge in [-0.15, -0.1) is 0 Å². The number of rotatable bonds is 8. The lowest BCUT2D eigenvalue weighted by Crippen LogP contribution is -2.63. The Bertz CT molecular complexity index is 1470. The molecule has 0 bridgehead atoms. The normalized spacial score (nSPS) is 16.6. The average Bonchev–Trinajstić information content (AvgIpc) is 3.38. The van der Waals surface area contributed by atoms with Gasteiger partial charge in [-0.2, -0.15) is 5.10 Å². The molecule has 8 heteroatoms. The van der Waals surface area contributed by atoms with Crippen LogP contribution >= 0.6 is 0 Å². The number of fused-ring (bicyclic) bond motifs is 1. The van der Waals surface area contributed by atoms with E-state index >= 15 is 0 Å². The maximum atomic E-state index is 14.0. The molecular weight excluding hydrogens is 480 g/mol. The van der Waals surface area contributed by atoms with Crippen LogP contribution in [-0.2, 0) is 24.4 Å². The van der Waals surface area contributed by atoms with Crippen LogP contribution in [0.2, 0.25) is 0 Å². The number of ether oxygens (including phenoxy) is 2. The lowest BCUT2D eigenvalue weighted by Gasteiger charge is -2.43. The summed E-state index contributed by atoms with van der Waals surface area (Å²) < 4.78 is 12.6. The number of hydrogen-bond acceptors (Lipinski definition) is 5. The van der Waals surface area contributed by atoms with E-state index in [0.717, 1.165) is 16.7 Å². The summed E-state index contributed by atoms with van der Waals surface area (Å²) in [5.74, 6) is 0.785. The molecule has 1 atom stereocenters. The number of benzene rings is 3. The molecule has 38 heavy (non-hydrogen) atoms. The summed E-state index contributed by atoms with van der Waals surface area (Å²) in [4.78, 5) is 29.5. The highest BCUT2D eigenvalue weighted by molar-refractivity contribution is 6.00. The lowest BCUT2D eigenvalue weighted by atomic mass is 9.93. The van der Waals surface area contributed by atoms with Crippen molar-refractivity contribution in [2.24, 2.45) is 0 Å². The van der Waals surface area contributed by atoms with Gasteiger partial charge in [-0.1, -0.05) is 66.7 Å². The van der Waals surface area contributed by atoms with Crippen LogP contribution in [0, 0.1) is 0 Å². The topological polar surface area (TPSA) is 85.7 Å². The number of hydrogen-bond donors (Lipinski definition) is 1. The van der Waals surface area contributed by atoms with Gasteiger partial charge in [0.1, 0.15) is 22.7 Å². The van der Waals surface area contributed by atoms with Crippen LogP contribution in [0.3, 0.4) is 0 Å². The third-order valence-corrected chi connectivity index (χ3v) is 7.01. The summed E-state index contributed by atoms with van der Waals surface area (Å²) >= 11 is 0. The first-order valence-electron chi connectivity index (χ1n) is 12.4. The minimum absolute atomic E-state index is 0.202. The van der Waals surface area contributed by atoms with Crippen LogP contribution in [0.5, 0.6) is 11.5 Å². The third-order valence-electron chi connectivity index (χ3n) is 7.01. The average molecular weight is 511 g/mol. The van der Waals surface area contributed by atoms with Crippen molar-refractivity contribution in [3.63, 3.8) is 0 Å². The molecule has 3 aromatic carbocycles. The highest BCUT2D eigenvalue weighted by Crippen LogP contribution is 2.33. The van der Waals surface area contributed by atoms with Crippen LogP contribution in [0.15, 0.2) is 84.9 Å². The highest BCUT2D eigenvalue weighted by atomic mass is 16.5. The smallest absolute Gasteiger partial charge is 0.273 e. The van der Waals surface area contributed by atoms with Gasteiger partial charge >= 0.3 is 0 Å². The van der Waals surface area contributed by atoms with E-state index in [1.54, 1.807) is 36.8 Å². The Hall–Kier alpha value is -4.59. The first kappa shape index (κ1) is 25.1. The summed E-state index contributed by atoms with van der Waals surface area (Å²) in [6.07, 6.45) is 0. The molecule has 4 aromatic rings. The zero-order valence-corrected chi connectivity index (χ0v) is 21.7. The second-order valence-electron chi connectivity index (χ2n) is 9.41. The van der Waals surface area contributed by atoms with E-state index in [1.165, 1.54) is 0 Å². The largest absolute Gasteiger partial charge is 0.496 e. The second kappa shape index (κ2) is 10.4. The van der Waals surface area contributed by atoms with Crippen molar-refractivity contribution < 1.29 is 19.1 Å². The monoisotopic (exact) mass is 510 g/mol. The molecule has 0 aliphatic carbocycles. The molecule has 0 saturated carbocycles. The second-order valence-corrected chi connectivity index (χ2v) is 9.41. The maximum absolute atomic E-state index is 14.0. The summed E-state index contributed by atoms with van der Waals surface area (Å²) in [7, 11) is 3.19. The Morgan fingerprint density at radius 3 is 2.21 bits per heavy atom. The molecule has 0 fully saturated rings. The first-order chi connectivity index (χ1) is 18.4. The Balaban J connectivity index is 1.51. The van der Waals surface area contributed by atoms with Crippen LogP contribution in [0.4, 0.5) is 0 Å². The first-order valence-corrected chi connectivity index (χ1v) is 12.4. The van der Waals surface area contributed by atoms with E-state index in [2.05, 4.69) is 5.32 Å². The predicted octanol–water partition coefficient (Wildman–Crippen LogP) is 4.30. The van der Waals surface area contributed by atoms with Crippen LogP contribution in [0.25, 0.3) is 11.3 Å². The fraction of sp³-hybridized carbons (Fsp3) is 0.233. The minimum atomic E-state index is -1.22. The lowest BCUT2D eigenvalue weighted by molar-refractivity contribution is -0.133. The third kappa shape index (κ3) is 4.61. The summed E-state index contributed by atoms with van der Waals surface area (Å²) in [6, 6.07) is 26.5. The van der Waals surface area contributed by atoms with Crippen LogP contribution in [-0.4, -0.2) is 46.3 Å². The van der Waals surface area contributed by atoms with Crippen molar-refractivity contribution in [2.75, 3.05) is 14.2 Å². The molecule has 0 saturated heterocycles. The summed E-state index contributed by atoms with van der Waals surface area (Å²) in [5, 5.41) is 7.75. The van der Waals surface area contributed by atoms with Gasteiger partial charge in [-0.25, -0.2) is 0 Å². The molecule has 1 aliphatic rings. The van der Waals surface area contributed by atoms with E-state index < -0.39 is 5.54 Å². The Morgan fingerprint density at radius 2 is 1.53 bits per heavy atom. The number of carbonyl (C=O) groups is 2. The number of methoxy groups -OCH3 is 2. The van der Waals surface area contributed by atoms with Crippen molar-refractivity contribution in [1.29, 1.82) is 0 Å². The number of nitrogens with zero attached hydrogens (tertiary/aromatic N) is 3. The van der Waals surface area contributed by atoms with E-state index in [0.29, 0.717) is 22.9 Å². The molecule has 5 rings (SSSR count). The highest BCUT2D eigenvalue weighted by Gasteiger charge is 2.48. The molecule has 2 heterocycles. The predicted molar refractivity (Wildman–Crippen MR) is 144 cm³/mol. The zero-order chi connectivity index (χ0) is 26.7. The maximum Gasteiger partial charge on any atom is 0.273 e. The van der Waals surface area contributed by atoms with E-state index in [4.69, 9.17) is 14.6 Å². The quantitative estimate of drug-likeness (QED) is 0.382. The fourth-order valence-electron chi connectivity index (χ4n) is 4.86. The van der Waals surface area contributed by atoms with Crippen molar-refractivity contribution in [3.8, 4) is 22.8 Å². The molecule has 2 amide bonds. The van der Waals surface area contributed by atoms with Gasteiger partial charge in [0.15, 0.2) is 0 Å². The number of aromatic nitrogens is 2. The Kier molecular flexibility index (Phi) is 6.87. The number of nitrogens with one attached hydrogen (secondary N) is 1. The van der Waals surface area contributed by atoms with Gasteiger partial charge in [-0.05, 0) is 25.1 Å². The molecule has 194 valence electrons. The number of para-hydroxylation sites is 2. The SMILES string of the molecule is COc1ccccc1CNC(=O)[C@@]1(C)Cn2nc(-c3ccccc3)cc2C(=O)N1Cc1ccccc1OC. The molecule has 1 aliphatic heterocycles. The minimum Gasteiger partial charge on any atom is -0.496 e. The van der Waals surface area contributed by atoms with Crippen molar-refractivity contribution in [1.82, 2.24) is 20.0 Å². The van der Waals surface area contributed by atoms with Gasteiger partial charge in [0, 0.05) is 23.2 Å². The van der Waals surface area contributed by atoms with Crippen molar-refractivity contribution in [2.45, 2.75) is 32.1 Å². The Labute approximate surface area is 221 Å². The van der Waals surface area contributed by atoms with E-state index in [9.17, 15) is 9.59 Å². The fourth-order valence-corrected chi connectivity index (χ4v) is 4.86. The molecule has 8 nitrogen and oxygen atoms in total. The van der Waals surface area contributed by atoms with Gasteiger partial charge in [0.2, 0.25) is 5.91 Å². The van der Waals surface area contributed by atoms with E-state index in [-0.39, 0.29) is 31.4 Å². The molecule has 0 radical (unpaired) electrons. The number of carbonyl (C=O) groups excluding carboxylic acids is 2. The Morgan fingerprint density at radius 1 is 0.921 bits per heavy atom. The summed E-state index contributed by atoms with van der Waals surface area (Å²) in [5.41, 5.74) is 2.46. The number of amides is 2. The van der Waals surface area contributed by atoms with Crippen LogP contribution < -0.4 is 14.8 Å². The summed E-state index contributed by atoms with van der Waals surface area (Å²) in [6.45, 7) is 2.45.